The van der Waals surface area contributed by atoms with Crippen LogP contribution in [0.15, 0.2) is 0 Å². The number of carboxylic acids is 3. The summed E-state index contributed by atoms with van der Waals surface area (Å²) in [5.41, 5.74) is -2.74. The molecule has 0 saturated heterocycles. The van der Waals surface area contributed by atoms with Gasteiger partial charge in [0.25, 0.3) is 0 Å². The van der Waals surface area contributed by atoms with Crippen LogP contribution in [0.2, 0.25) is 0 Å². The van der Waals surface area contributed by atoms with Crippen LogP contribution in [0.3, 0.4) is 0 Å². The molecule has 0 fully saturated rings. The van der Waals surface area contributed by atoms with E-state index in [-0.39, 0.29) is 0 Å². The molecule has 0 spiro atoms. The molecule has 0 rings (SSSR count). The Labute approximate surface area is 102 Å². The van der Waals surface area contributed by atoms with Gasteiger partial charge in [-0.15, -0.1) is 0 Å². The molecule has 0 atom stereocenters. The second-order valence-electron chi connectivity index (χ2n) is 3.37. The predicted octanol–water partition coefficient (Wildman–Crippen LogP) is -1.54. The van der Waals surface area contributed by atoms with E-state index in [0.717, 1.165) is 0 Å². The average molecular weight is 268 g/mol. The van der Waals surface area contributed by atoms with Crippen molar-refractivity contribution in [3.05, 3.63) is 0 Å². The molecule has 9 heteroatoms. The highest BCUT2D eigenvalue weighted by molar-refractivity contribution is 5.88. The summed E-state index contributed by atoms with van der Waals surface area (Å²) < 4.78 is 0. The van der Waals surface area contributed by atoms with Gasteiger partial charge in [0.2, 0.25) is 0 Å². The number of aliphatic hydroxyl groups excluding tert-OH is 1. The molecule has 0 saturated carbocycles. The van der Waals surface area contributed by atoms with Crippen LogP contribution in [0.5, 0.6) is 0 Å². The Balaban J connectivity index is 0. The van der Waals surface area contributed by atoms with Crippen molar-refractivity contribution in [3.8, 4) is 0 Å². The maximum atomic E-state index is 10.3. The van der Waals surface area contributed by atoms with Crippen molar-refractivity contribution in [2.75, 3.05) is 0 Å². The molecule has 0 heterocycles. The lowest BCUT2D eigenvalue weighted by Crippen LogP contribution is -2.42. The quantitative estimate of drug-likeness (QED) is 0.312. The Morgan fingerprint density at radius 3 is 1.39 bits per heavy atom. The van der Waals surface area contributed by atoms with Gasteiger partial charge in [-0.3, -0.25) is 9.59 Å². The van der Waals surface area contributed by atoms with Crippen molar-refractivity contribution < 1.29 is 45.0 Å². The zero-order valence-electron chi connectivity index (χ0n) is 9.61. The number of carboxylic acid groups (broad SMARTS) is 3. The zero-order chi connectivity index (χ0) is 14.9. The van der Waals surface area contributed by atoms with E-state index in [1.54, 1.807) is 6.92 Å². The van der Waals surface area contributed by atoms with Gasteiger partial charge in [0.1, 0.15) is 0 Å². The van der Waals surface area contributed by atoms with Crippen LogP contribution < -0.4 is 0 Å². The third-order valence-corrected chi connectivity index (χ3v) is 1.65. The lowest BCUT2D eigenvalue weighted by molar-refractivity contribution is -0.170. The van der Waals surface area contributed by atoms with Crippen molar-refractivity contribution >= 4 is 17.9 Å². The fourth-order valence-electron chi connectivity index (χ4n) is 0.714. The van der Waals surface area contributed by atoms with E-state index in [4.69, 9.17) is 30.6 Å². The van der Waals surface area contributed by atoms with Crippen LogP contribution in [0, 0.1) is 0 Å². The summed E-state index contributed by atoms with van der Waals surface area (Å²) in [6.45, 7) is 1.70. The number of hydrogen-bond donors (Lipinski definition) is 6. The van der Waals surface area contributed by atoms with Gasteiger partial charge in [0, 0.05) is 0 Å². The number of aliphatic carboxylic acids is 3. The van der Waals surface area contributed by atoms with Gasteiger partial charge in [-0.25, -0.2) is 4.79 Å². The van der Waals surface area contributed by atoms with Crippen molar-refractivity contribution in [2.45, 2.75) is 38.1 Å². The molecule has 9 nitrogen and oxygen atoms in total. The molecule has 106 valence electrons. The van der Waals surface area contributed by atoms with Crippen LogP contribution in [0.1, 0.15) is 26.2 Å². The minimum Gasteiger partial charge on any atom is -0.481 e. The Hall–Kier alpha value is -1.71. The summed E-state index contributed by atoms with van der Waals surface area (Å²) in [4.78, 5) is 30.5. The minimum absolute atomic E-state index is 0.417. The first kappa shape index (κ1) is 18.6. The minimum atomic E-state index is -2.74. The molecule has 0 aliphatic rings. The molecule has 0 aromatic rings. The molecule has 0 aromatic carbocycles. The molecule has 0 aromatic heterocycles. The van der Waals surface area contributed by atoms with E-state index in [0.29, 0.717) is 6.42 Å². The van der Waals surface area contributed by atoms with Crippen LogP contribution in [0.25, 0.3) is 0 Å². The van der Waals surface area contributed by atoms with Gasteiger partial charge < -0.3 is 30.6 Å². The number of carbonyl (C=O) groups is 3. The second-order valence-corrected chi connectivity index (χ2v) is 3.37. The summed E-state index contributed by atoms with van der Waals surface area (Å²) in [5.74, 6) is -5.02. The summed E-state index contributed by atoms with van der Waals surface area (Å²) in [7, 11) is 0. The van der Waals surface area contributed by atoms with E-state index < -0.39 is 42.6 Å². The second kappa shape index (κ2) is 8.39. The van der Waals surface area contributed by atoms with Gasteiger partial charge in [-0.2, -0.15) is 0 Å². The molecule has 0 radical (unpaired) electrons. The largest absolute Gasteiger partial charge is 0.481 e. The summed E-state index contributed by atoms with van der Waals surface area (Å²) >= 11 is 0. The van der Waals surface area contributed by atoms with Gasteiger partial charge in [-0.1, -0.05) is 6.92 Å². The molecule has 18 heavy (non-hydrogen) atoms. The Bertz CT molecular complexity index is 280. The van der Waals surface area contributed by atoms with Gasteiger partial charge in [0.05, 0.1) is 12.8 Å². The lowest BCUT2D eigenvalue weighted by Gasteiger charge is -2.18. The average Bonchev–Trinajstić information content (AvgIpc) is 2.15. The van der Waals surface area contributed by atoms with E-state index in [9.17, 15) is 14.4 Å². The normalized spacial score (nSPS) is 10.5. The van der Waals surface area contributed by atoms with Gasteiger partial charge in [-0.05, 0) is 6.42 Å². The summed E-state index contributed by atoms with van der Waals surface area (Å²) in [6.07, 6.45) is -2.99. The third kappa shape index (κ3) is 9.51. The number of aliphatic hydroxyl groups is 3. The highest BCUT2D eigenvalue weighted by Crippen LogP contribution is 2.15. The molecule has 0 aliphatic heterocycles. The summed E-state index contributed by atoms with van der Waals surface area (Å²) in [6, 6.07) is 0. The Morgan fingerprint density at radius 1 is 1.00 bits per heavy atom. The van der Waals surface area contributed by atoms with Crippen molar-refractivity contribution in [2.24, 2.45) is 0 Å². The molecular weight excluding hydrogens is 252 g/mol. The fraction of sp³-hybridized carbons (Fsp3) is 0.667. The van der Waals surface area contributed by atoms with Gasteiger partial charge in [0.15, 0.2) is 11.9 Å². The standard InChI is InChI=1S/C6H8O7.C3H8O2/c7-3(8)1-6(13,5(11)12)2-4(9)10;1-2-3(4)5/h13H,1-2H2,(H,7,8)(H,9,10)(H,11,12);3-5H,2H2,1H3. The van der Waals surface area contributed by atoms with Crippen molar-refractivity contribution in [3.63, 3.8) is 0 Å². The highest BCUT2D eigenvalue weighted by atomic mass is 16.5. The number of rotatable bonds is 6. The molecule has 0 aliphatic carbocycles. The Kier molecular flexibility index (Phi) is 8.69. The third-order valence-electron chi connectivity index (χ3n) is 1.65. The molecule has 0 unspecified atom stereocenters. The Morgan fingerprint density at radius 2 is 1.28 bits per heavy atom. The van der Waals surface area contributed by atoms with E-state index >= 15 is 0 Å². The van der Waals surface area contributed by atoms with Crippen molar-refractivity contribution in [1.29, 1.82) is 0 Å². The predicted molar refractivity (Wildman–Crippen MR) is 55.6 cm³/mol. The van der Waals surface area contributed by atoms with Crippen LogP contribution in [-0.4, -0.2) is 60.4 Å². The first-order valence-corrected chi connectivity index (χ1v) is 4.80. The van der Waals surface area contributed by atoms with Crippen LogP contribution >= 0.6 is 0 Å². The molecule has 0 amide bonds. The van der Waals surface area contributed by atoms with E-state index in [1.165, 1.54) is 0 Å². The van der Waals surface area contributed by atoms with Crippen molar-refractivity contribution in [1.82, 2.24) is 0 Å². The van der Waals surface area contributed by atoms with E-state index in [1.807, 2.05) is 0 Å². The summed E-state index contributed by atoms with van der Waals surface area (Å²) in [5, 5.41) is 49.6. The monoisotopic (exact) mass is 268 g/mol. The highest BCUT2D eigenvalue weighted by Gasteiger charge is 2.40. The molecular formula is C9H16O9. The number of hydrogen-bond acceptors (Lipinski definition) is 6. The first-order chi connectivity index (χ1) is 8.05. The lowest BCUT2D eigenvalue weighted by atomic mass is 9.96. The topological polar surface area (TPSA) is 173 Å². The van der Waals surface area contributed by atoms with E-state index in [2.05, 4.69) is 0 Å². The molecule has 0 bridgehead atoms. The fourth-order valence-corrected chi connectivity index (χ4v) is 0.714. The molecule has 6 N–H and O–H groups in total. The SMILES string of the molecule is CCC(O)O.O=C(O)CC(O)(CC(=O)O)C(=O)O. The maximum absolute atomic E-state index is 10.3. The first-order valence-electron chi connectivity index (χ1n) is 4.80. The van der Waals surface area contributed by atoms with Crippen LogP contribution in [0.4, 0.5) is 0 Å². The van der Waals surface area contributed by atoms with Gasteiger partial charge >= 0.3 is 17.9 Å². The smallest absolute Gasteiger partial charge is 0.336 e. The zero-order valence-corrected chi connectivity index (χ0v) is 9.61. The maximum Gasteiger partial charge on any atom is 0.336 e. The van der Waals surface area contributed by atoms with Crippen LogP contribution in [-0.2, 0) is 14.4 Å².